The Bertz CT molecular complexity index is 609. The molecule has 2 saturated heterocycles. The first-order valence-electron chi connectivity index (χ1n) is 8.14. The Morgan fingerprint density at radius 1 is 1.38 bits per heavy atom. The smallest absolute Gasteiger partial charge is 0.409 e. The highest BCUT2D eigenvalue weighted by atomic mass is 32.1. The van der Waals surface area contributed by atoms with Gasteiger partial charge in [0, 0.05) is 18.0 Å². The minimum Gasteiger partial charge on any atom is -0.409 e. The number of hydrogen-bond donors (Lipinski definition) is 1. The quantitative estimate of drug-likeness (QED) is 0.615. The Hall–Kier alpha value is -1.65. The minimum absolute atomic E-state index is 0.0373. The molecule has 0 atom stereocenters. The summed E-state index contributed by atoms with van der Waals surface area (Å²) in [6, 6.07) is 2.90. The second-order valence-electron chi connectivity index (χ2n) is 6.11. The molecule has 10 heteroatoms. The number of piperidine rings is 1. The number of nitrogens with zero attached hydrogens (tertiary/aromatic N) is 1. The first-order valence-corrected chi connectivity index (χ1v) is 8.95. The summed E-state index contributed by atoms with van der Waals surface area (Å²) < 4.78 is 44.9. The van der Waals surface area contributed by atoms with Crippen molar-refractivity contribution in [2.75, 3.05) is 32.8 Å². The molecular formula is C16H21F3N2O4S. The highest BCUT2D eigenvalue weighted by Gasteiger charge is 2.41. The van der Waals surface area contributed by atoms with E-state index in [-0.39, 0.29) is 10.7 Å². The molecule has 1 aromatic heterocycles. The summed E-state index contributed by atoms with van der Waals surface area (Å²) >= 11 is 0.989. The monoisotopic (exact) mass is 394 g/mol. The highest BCUT2D eigenvalue weighted by Crippen LogP contribution is 2.27. The van der Waals surface area contributed by atoms with Crippen molar-refractivity contribution in [2.24, 2.45) is 0 Å². The molecule has 1 amide bonds. The van der Waals surface area contributed by atoms with Crippen LogP contribution in [0.4, 0.5) is 13.2 Å². The molecule has 146 valence electrons. The van der Waals surface area contributed by atoms with E-state index in [0.29, 0.717) is 6.61 Å². The van der Waals surface area contributed by atoms with Crippen LogP contribution in [0.25, 0.3) is 0 Å². The molecule has 3 rings (SSSR count). The van der Waals surface area contributed by atoms with Crippen molar-refractivity contribution in [3.8, 4) is 5.06 Å². The number of nitrogens with one attached hydrogen (secondary N) is 1. The van der Waals surface area contributed by atoms with Crippen molar-refractivity contribution >= 4 is 23.7 Å². The molecule has 0 unspecified atom stereocenters. The van der Waals surface area contributed by atoms with Crippen LogP contribution in [0.15, 0.2) is 12.1 Å². The molecule has 26 heavy (non-hydrogen) atoms. The second-order valence-corrected chi connectivity index (χ2v) is 7.36. The fourth-order valence-electron chi connectivity index (χ4n) is 2.77. The van der Waals surface area contributed by atoms with Crippen LogP contribution in [0.3, 0.4) is 0 Å². The molecule has 0 saturated carbocycles. The van der Waals surface area contributed by atoms with Gasteiger partial charge in [-0.15, -0.1) is 11.3 Å². The third-order valence-corrected chi connectivity index (χ3v) is 4.96. The lowest BCUT2D eigenvalue weighted by atomic mass is 9.90. The van der Waals surface area contributed by atoms with Gasteiger partial charge < -0.3 is 19.7 Å². The van der Waals surface area contributed by atoms with Gasteiger partial charge in [0.05, 0.1) is 12.2 Å². The number of alkyl halides is 3. The lowest BCUT2D eigenvalue weighted by Crippen LogP contribution is -2.55. The zero-order valence-corrected chi connectivity index (χ0v) is 15.1. The number of amides is 1. The number of carbonyl (C=O) groups is 2. The normalized spacial score (nSPS) is 19.5. The average Bonchev–Trinajstić information content (AvgIpc) is 3.00. The van der Waals surface area contributed by atoms with E-state index in [1.807, 2.05) is 4.90 Å². The molecule has 0 aromatic carbocycles. The van der Waals surface area contributed by atoms with Crippen LogP contribution in [-0.2, 0) is 14.3 Å². The van der Waals surface area contributed by atoms with Crippen molar-refractivity contribution in [3.63, 3.8) is 0 Å². The first kappa shape index (κ1) is 20.7. The molecule has 1 N–H and O–H groups in total. The van der Waals surface area contributed by atoms with Gasteiger partial charge in [0.15, 0.2) is 5.06 Å². The number of aryl methyl sites for hydroxylation is 1. The van der Waals surface area contributed by atoms with Crippen molar-refractivity contribution in [1.82, 2.24) is 10.2 Å². The van der Waals surface area contributed by atoms with Gasteiger partial charge >= 0.3 is 12.1 Å². The maximum absolute atomic E-state index is 11.7. The van der Waals surface area contributed by atoms with Crippen molar-refractivity contribution < 1.29 is 32.2 Å². The Labute approximate surface area is 153 Å². The van der Waals surface area contributed by atoms with Gasteiger partial charge in [-0.1, -0.05) is 0 Å². The third-order valence-electron chi connectivity index (χ3n) is 4.08. The Balaban J connectivity index is 0.000000187. The van der Waals surface area contributed by atoms with E-state index in [1.165, 1.54) is 6.07 Å². The number of thiophene rings is 1. The zero-order chi connectivity index (χ0) is 19.2. The van der Waals surface area contributed by atoms with Gasteiger partial charge in [-0.25, -0.2) is 4.79 Å². The molecule has 0 bridgehead atoms. The van der Waals surface area contributed by atoms with Gasteiger partial charge in [-0.05, 0) is 45.0 Å². The summed E-state index contributed by atoms with van der Waals surface area (Å²) in [5.41, 5.74) is -0.0373. The van der Waals surface area contributed by atoms with E-state index < -0.39 is 12.1 Å². The first-order chi connectivity index (χ1) is 12.2. The van der Waals surface area contributed by atoms with Gasteiger partial charge in [-0.2, -0.15) is 13.2 Å². The molecule has 0 aliphatic carbocycles. The standard InChI is InChI=1S/C9H16N2O2.C7H5F3O2S/c12-8-11-5-6-13-9(7-11)1-3-10-4-2-9;1-4-2-3-5(13-4)12-6(11)7(8,9)10/h8,10H,1-7H2;2-3H,1H3. The zero-order valence-electron chi connectivity index (χ0n) is 14.3. The average molecular weight is 394 g/mol. The van der Waals surface area contributed by atoms with Gasteiger partial charge in [0.25, 0.3) is 0 Å². The van der Waals surface area contributed by atoms with Crippen LogP contribution in [-0.4, -0.2) is 61.8 Å². The van der Waals surface area contributed by atoms with Crippen molar-refractivity contribution in [1.29, 1.82) is 0 Å². The third kappa shape index (κ3) is 5.96. The van der Waals surface area contributed by atoms with E-state index in [2.05, 4.69) is 10.1 Å². The van der Waals surface area contributed by atoms with Gasteiger partial charge in [0.2, 0.25) is 6.41 Å². The number of esters is 1. The van der Waals surface area contributed by atoms with E-state index in [0.717, 1.165) is 61.6 Å². The number of carbonyl (C=O) groups excluding carboxylic acids is 2. The van der Waals surface area contributed by atoms with E-state index in [4.69, 9.17) is 4.74 Å². The largest absolute Gasteiger partial charge is 0.491 e. The summed E-state index contributed by atoms with van der Waals surface area (Å²) in [6.45, 7) is 5.94. The van der Waals surface area contributed by atoms with Crippen molar-refractivity contribution in [3.05, 3.63) is 17.0 Å². The molecular weight excluding hydrogens is 373 g/mol. The van der Waals surface area contributed by atoms with Crippen LogP contribution in [0.5, 0.6) is 5.06 Å². The summed E-state index contributed by atoms with van der Waals surface area (Å²) in [7, 11) is 0. The van der Waals surface area contributed by atoms with Crippen LogP contribution in [0, 0.1) is 6.92 Å². The lowest BCUT2D eigenvalue weighted by Gasteiger charge is -2.43. The SMILES string of the molecule is Cc1ccc(OC(=O)C(F)(F)F)s1.O=CN1CCOC2(CCNCC2)C1. The fraction of sp³-hybridized carbons (Fsp3) is 0.625. The summed E-state index contributed by atoms with van der Waals surface area (Å²) in [5, 5.41) is 3.26. The molecule has 1 aromatic rings. The molecule has 0 radical (unpaired) electrons. The molecule has 6 nitrogen and oxygen atoms in total. The maximum atomic E-state index is 11.7. The highest BCUT2D eigenvalue weighted by molar-refractivity contribution is 7.13. The van der Waals surface area contributed by atoms with E-state index >= 15 is 0 Å². The maximum Gasteiger partial charge on any atom is 0.491 e. The molecule has 2 fully saturated rings. The summed E-state index contributed by atoms with van der Waals surface area (Å²) in [5.74, 6) is -2.19. The lowest BCUT2D eigenvalue weighted by molar-refractivity contribution is -0.189. The predicted molar refractivity (Wildman–Crippen MR) is 89.2 cm³/mol. The minimum atomic E-state index is -4.93. The Kier molecular flexibility index (Phi) is 7.01. The summed E-state index contributed by atoms with van der Waals surface area (Å²) in [4.78, 5) is 23.6. The topological polar surface area (TPSA) is 67.9 Å². The Morgan fingerprint density at radius 3 is 2.62 bits per heavy atom. The molecule has 3 heterocycles. The number of hydrogen-bond acceptors (Lipinski definition) is 6. The van der Waals surface area contributed by atoms with Crippen LogP contribution >= 0.6 is 11.3 Å². The van der Waals surface area contributed by atoms with Crippen LogP contribution < -0.4 is 10.1 Å². The van der Waals surface area contributed by atoms with Crippen LogP contribution in [0.1, 0.15) is 17.7 Å². The van der Waals surface area contributed by atoms with Crippen LogP contribution in [0.2, 0.25) is 0 Å². The fourth-order valence-corrected chi connectivity index (χ4v) is 3.47. The molecule has 1 spiro atoms. The molecule has 2 aliphatic heterocycles. The van der Waals surface area contributed by atoms with Crippen molar-refractivity contribution in [2.45, 2.75) is 31.5 Å². The van der Waals surface area contributed by atoms with E-state index in [1.54, 1.807) is 13.0 Å². The van der Waals surface area contributed by atoms with Gasteiger partial charge in [-0.3, -0.25) is 4.79 Å². The second kappa shape index (κ2) is 8.83. The summed E-state index contributed by atoms with van der Waals surface area (Å²) in [6.07, 6.45) is -1.95. The number of morpholine rings is 1. The number of halogens is 3. The van der Waals surface area contributed by atoms with E-state index in [9.17, 15) is 22.8 Å². The number of ether oxygens (including phenoxy) is 2. The predicted octanol–water partition coefficient (Wildman–Crippen LogP) is 2.12. The Morgan fingerprint density at radius 2 is 2.08 bits per heavy atom. The molecule has 2 aliphatic rings. The van der Waals surface area contributed by atoms with Gasteiger partial charge in [0.1, 0.15) is 0 Å². The number of rotatable bonds is 2.